The Balaban J connectivity index is 2.11. The molecule has 0 aliphatic carbocycles. The molecule has 20 heavy (non-hydrogen) atoms. The zero-order valence-corrected chi connectivity index (χ0v) is 12.1. The van der Waals surface area contributed by atoms with Crippen LogP contribution in [0.1, 0.15) is 25.3 Å². The molecule has 0 atom stereocenters. The summed E-state index contributed by atoms with van der Waals surface area (Å²) in [6.07, 6.45) is 14.4. The van der Waals surface area contributed by atoms with E-state index in [1.807, 2.05) is 49.4 Å². The van der Waals surface area contributed by atoms with E-state index in [4.69, 9.17) is 0 Å². The van der Waals surface area contributed by atoms with Gasteiger partial charge in [-0.05, 0) is 37.8 Å². The molecule has 1 aromatic carbocycles. The molecule has 2 heteroatoms. The Labute approximate surface area is 121 Å². The highest BCUT2D eigenvalue weighted by Crippen LogP contribution is 1.98. The van der Waals surface area contributed by atoms with E-state index in [0.29, 0.717) is 6.54 Å². The minimum atomic E-state index is -0.0154. The fourth-order valence-corrected chi connectivity index (χ4v) is 1.70. The molecule has 0 unspecified atom stereocenters. The van der Waals surface area contributed by atoms with Gasteiger partial charge >= 0.3 is 0 Å². The normalized spacial score (nSPS) is 11.7. The number of allylic oxidation sites excluding steroid dienone is 5. The van der Waals surface area contributed by atoms with Crippen LogP contribution in [-0.2, 0) is 11.2 Å². The van der Waals surface area contributed by atoms with Crippen LogP contribution in [-0.4, -0.2) is 12.5 Å². The quantitative estimate of drug-likeness (QED) is 0.434. The standard InChI is InChI=1S/C18H23NO/c1-2-3-4-5-6-7-11-14-18(20)19-16-15-17-12-9-8-10-13-17/h2-5,8-14H,6-7,15-16H2,1H3,(H,19,20). The lowest BCUT2D eigenvalue weighted by molar-refractivity contribution is -0.116. The molecule has 0 heterocycles. The Morgan fingerprint density at radius 2 is 1.85 bits per heavy atom. The minimum Gasteiger partial charge on any atom is -0.352 e. The lowest BCUT2D eigenvalue weighted by atomic mass is 10.1. The molecule has 0 aliphatic heterocycles. The maximum atomic E-state index is 11.5. The molecule has 1 N–H and O–H groups in total. The highest BCUT2D eigenvalue weighted by molar-refractivity contribution is 5.87. The number of amides is 1. The number of rotatable bonds is 8. The lowest BCUT2D eigenvalue weighted by Crippen LogP contribution is -2.23. The van der Waals surface area contributed by atoms with E-state index in [9.17, 15) is 4.79 Å². The summed E-state index contributed by atoms with van der Waals surface area (Å²) in [5.74, 6) is -0.0154. The second-order valence-electron chi connectivity index (χ2n) is 4.46. The maximum Gasteiger partial charge on any atom is 0.243 e. The van der Waals surface area contributed by atoms with Gasteiger partial charge in [-0.1, -0.05) is 60.7 Å². The second kappa shape index (κ2) is 10.8. The predicted molar refractivity (Wildman–Crippen MR) is 85.5 cm³/mol. The smallest absolute Gasteiger partial charge is 0.243 e. The van der Waals surface area contributed by atoms with Crippen molar-refractivity contribution in [3.05, 3.63) is 72.4 Å². The van der Waals surface area contributed by atoms with E-state index < -0.39 is 0 Å². The summed E-state index contributed by atoms with van der Waals surface area (Å²) in [7, 11) is 0. The van der Waals surface area contributed by atoms with Gasteiger partial charge in [-0.2, -0.15) is 0 Å². The number of unbranched alkanes of at least 4 members (excludes halogenated alkanes) is 1. The van der Waals surface area contributed by atoms with Crippen LogP contribution in [0.2, 0.25) is 0 Å². The van der Waals surface area contributed by atoms with Gasteiger partial charge < -0.3 is 5.32 Å². The first kappa shape index (κ1) is 16.0. The highest BCUT2D eigenvalue weighted by atomic mass is 16.1. The van der Waals surface area contributed by atoms with Crippen LogP contribution in [0.25, 0.3) is 0 Å². The van der Waals surface area contributed by atoms with Crippen molar-refractivity contribution in [1.29, 1.82) is 0 Å². The van der Waals surface area contributed by atoms with Gasteiger partial charge in [0.05, 0.1) is 0 Å². The first-order valence-electron chi connectivity index (χ1n) is 7.09. The molecule has 1 rings (SSSR count). The summed E-state index contributed by atoms with van der Waals surface area (Å²) < 4.78 is 0. The number of nitrogens with one attached hydrogen (secondary N) is 1. The third kappa shape index (κ3) is 8.09. The number of hydrogen-bond acceptors (Lipinski definition) is 1. The third-order valence-corrected chi connectivity index (χ3v) is 2.76. The molecule has 0 spiro atoms. The summed E-state index contributed by atoms with van der Waals surface area (Å²) in [4.78, 5) is 11.5. The number of hydrogen-bond donors (Lipinski definition) is 1. The number of carbonyl (C=O) groups is 1. The van der Waals surface area contributed by atoms with Gasteiger partial charge in [0.1, 0.15) is 0 Å². The summed E-state index contributed by atoms with van der Waals surface area (Å²) in [6, 6.07) is 10.2. The average Bonchev–Trinajstić information content (AvgIpc) is 2.47. The molecule has 1 amide bonds. The first-order valence-corrected chi connectivity index (χ1v) is 7.09. The molecule has 0 aliphatic rings. The van der Waals surface area contributed by atoms with Gasteiger partial charge in [0.25, 0.3) is 0 Å². The molecular formula is C18H23NO. The summed E-state index contributed by atoms with van der Waals surface area (Å²) in [5, 5.41) is 2.89. The van der Waals surface area contributed by atoms with Crippen molar-refractivity contribution in [2.45, 2.75) is 26.2 Å². The van der Waals surface area contributed by atoms with E-state index in [-0.39, 0.29) is 5.91 Å². The molecular weight excluding hydrogens is 246 g/mol. The molecule has 106 valence electrons. The molecule has 2 nitrogen and oxygen atoms in total. The largest absolute Gasteiger partial charge is 0.352 e. The first-order chi connectivity index (χ1) is 9.83. The molecule has 0 radical (unpaired) electrons. The van der Waals surface area contributed by atoms with Gasteiger partial charge in [0.15, 0.2) is 0 Å². The fraction of sp³-hybridized carbons (Fsp3) is 0.278. The second-order valence-corrected chi connectivity index (χ2v) is 4.46. The zero-order valence-electron chi connectivity index (χ0n) is 12.1. The van der Waals surface area contributed by atoms with Crippen molar-refractivity contribution in [1.82, 2.24) is 5.32 Å². The van der Waals surface area contributed by atoms with Gasteiger partial charge in [-0.3, -0.25) is 4.79 Å². The molecule has 1 aromatic rings. The van der Waals surface area contributed by atoms with E-state index >= 15 is 0 Å². The topological polar surface area (TPSA) is 29.1 Å². The Morgan fingerprint density at radius 1 is 1.10 bits per heavy atom. The third-order valence-electron chi connectivity index (χ3n) is 2.76. The van der Waals surface area contributed by atoms with Crippen LogP contribution in [0, 0.1) is 0 Å². The number of carbonyl (C=O) groups excluding carboxylic acids is 1. The van der Waals surface area contributed by atoms with E-state index in [0.717, 1.165) is 19.3 Å². The van der Waals surface area contributed by atoms with E-state index in [1.165, 1.54) is 5.56 Å². The van der Waals surface area contributed by atoms with Crippen LogP contribution in [0.5, 0.6) is 0 Å². The van der Waals surface area contributed by atoms with Crippen LogP contribution < -0.4 is 5.32 Å². The van der Waals surface area contributed by atoms with Crippen molar-refractivity contribution in [3.63, 3.8) is 0 Å². The predicted octanol–water partition coefficient (Wildman–Crippen LogP) is 3.81. The van der Waals surface area contributed by atoms with Gasteiger partial charge in [-0.25, -0.2) is 0 Å². The summed E-state index contributed by atoms with van der Waals surface area (Å²) in [6.45, 7) is 2.67. The molecule has 0 saturated heterocycles. The minimum absolute atomic E-state index is 0.0154. The molecule has 0 saturated carbocycles. The van der Waals surface area contributed by atoms with Crippen molar-refractivity contribution in [2.75, 3.05) is 6.54 Å². The van der Waals surface area contributed by atoms with E-state index in [2.05, 4.69) is 23.5 Å². The van der Waals surface area contributed by atoms with Crippen molar-refractivity contribution in [3.8, 4) is 0 Å². The van der Waals surface area contributed by atoms with Gasteiger partial charge in [0.2, 0.25) is 5.91 Å². The van der Waals surface area contributed by atoms with Crippen LogP contribution in [0.3, 0.4) is 0 Å². The van der Waals surface area contributed by atoms with Crippen LogP contribution >= 0.6 is 0 Å². The van der Waals surface area contributed by atoms with Crippen LogP contribution in [0.4, 0.5) is 0 Å². The zero-order chi connectivity index (χ0) is 14.5. The van der Waals surface area contributed by atoms with Crippen molar-refractivity contribution < 1.29 is 4.79 Å². The fourth-order valence-electron chi connectivity index (χ4n) is 1.70. The summed E-state index contributed by atoms with van der Waals surface area (Å²) >= 11 is 0. The van der Waals surface area contributed by atoms with Crippen LogP contribution in [0.15, 0.2) is 66.8 Å². The molecule has 0 aromatic heterocycles. The van der Waals surface area contributed by atoms with Gasteiger partial charge in [-0.15, -0.1) is 0 Å². The Hall–Kier alpha value is -2.09. The average molecular weight is 269 g/mol. The Morgan fingerprint density at radius 3 is 2.60 bits per heavy atom. The van der Waals surface area contributed by atoms with E-state index in [1.54, 1.807) is 6.08 Å². The number of benzene rings is 1. The highest BCUT2D eigenvalue weighted by Gasteiger charge is 1.95. The van der Waals surface area contributed by atoms with Gasteiger partial charge in [0, 0.05) is 6.54 Å². The van der Waals surface area contributed by atoms with Crippen molar-refractivity contribution >= 4 is 5.91 Å². The SMILES string of the molecule is CC=CC=CCCC=CC(=O)NCCc1ccccc1. The van der Waals surface area contributed by atoms with Crippen molar-refractivity contribution in [2.24, 2.45) is 0 Å². The molecule has 0 bridgehead atoms. The molecule has 0 fully saturated rings. The lowest BCUT2D eigenvalue weighted by Gasteiger charge is -2.02. The monoisotopic (exact) mass is 269 g/mol. The Bertz CT molecular complexity index is 458. The maximum absolute atomic E-state index is 11.5. The Kier molecular flexibility index (Phi) is 8.62. The summed E-state index contributed by atoms with van der Waals surface area (Å²) in [5.41, 5.74) is 1.24.